The maximum atomic E-state index is 11.6. The zero-order valence-corrected chi connectivity index (χ0v) is 18.3. The first-order valence-electron chi connectivity index (χ1n) is 9.77. The molecule has 0 rings (SSSR count). The maximum Gasteiger partial charge on any atom is 0.223 e. The second kappa shape index (κ2) is 17.3. The molecule has 0 aliphatic heterocycles. The van der Waals surface area contributed by atoms with Gasteiger partial charge in [-0.25, -0.2) is 0 Å². The normalized spacial score (nSPS) is 14.1. The molecule has 0 aliphatic carbocycles. The Labute approximate surface area is 169 Å². The average molecular weight is 403 g/mol. The molecular formula is C20H38N2O4S. The fraction of sp³-hybridized carbons (Fsp3) is 0.850. The minimum atomic E-state index is -0.203. The fourth-order valence-electron chi connectivity index (χ4n) is 2.02. The third kappa shape index (κ3) is 15.9. The molecule has 0 heterocycles. The van der Waals surface area contributed by atoms with E-state index in [1.165, 1.54) is 0 Å². The molecule has 0 aromatic rings. The lowest BCUT2D eigenvalue weighted by Crippen LogP contribution is -2.27. The van der Waals surface area contributed by atoms with Gasteiger partial charge in [0.2, 0.25) is 5.91 Å². The van der Waals surface area contributed by atoms with Crippen LogP contribution in [0.5, 0.6) is 0 Å². The van der Waals surface area contributed by atoms with Gasteiger partial charge in [-0.3, -0.25) is 4.79 Å². The number of carbonyl (C=O) groups is 1. The van der Waals surface area contributed by atoms with Gasteiger partial charge < -0.3 is 25.3 Å². The Morgan fingerprint density at radius 2 is 1.89 bits per heavy atom. The Hall–Kier alpha value is -0.780. The van der Waals surface area contributed by atoms with Gasteiger partial charge in [0.05, 0.1) is 39.6 Å². The topological polar surface area (TPSA) is 82.8 Å². The van der Waals surface area contributed by atoms with Crippen molar-refractivity contribution in [3.8, 4) is 11.8 Å². The van der Waals surface area contributed by atoms with Gasteiger partial charge in [0.15, 0.2) is 0 Å². The van der Waals surface area contributed by atoms with Gasteiger partial charge in [-0.15, -0.1) is 11.8 Å². The SMILES string of the molecule is CCC(C)C#CCNC(=O)CCOCCOCCO[C@](C)(CCCN)SC. The van der Waals surface area contributed by atoms with Crippen molar-refractivity contribution in [1.82, 2.24) is 5.32 Å². The van der Waals surface area contributed by atoms with Crippen LogP contribution in [-0.2, 0) is 19.0 Å². The maximum absolute atomic E-state index is 11.6. The molecule has 0 aromatic heterocycles. The van der Waals surface area contributed by atoms with Crippen molar-refractivity contribution in [1.29, 1.82) is 0 Å². The molecule has 0 fully saturated rings. The van der Waals surface area contributed by atoms with Crippen LogP contribution in [0.15, 0.2) is 0 Å². The van der Waals surface area contributed by atoms with Gasteiger partial charge in [0, 0.05) is 12.3 Å². The lowest BCUT2D eigenvalue weighted by atomic mass is 10.1. The summed E-state index contributed by atoms with van der Waals surface area (Å²) in [5.74, 6) is 6.37. The Morgan fingerprint density at radius 1 is 1.22 bits per heavy atom. The van der Waals surface area contributed by atoms with E-state index in [2.05, 4.69) is 37.9 Å². The number of hydrogen-bond acceptors (Lipinski definition) is 6. The largest absolute Gasteiger partial charge is 0.379 e. The van der Waals surface area contributed by atoms with Crippen LogP contribution >= 0.6 is 11.8 Å². The number of nitrogens with two attached hydrogens (primary N) is 1. The number of ether oxygens (including phenoxy) is 3. The molecule has 0 saturated carbocycles. The second-order valence-corrected chi connectivity index (χ2v) is 7.73. The van der Waals surface area contributed by atoms with Gasteiger partial charge in [-0.2, -0.15) is 0 Å². The summed E-state index contributed by atoms with van der Waals surface area (Å²) in [6.07, 6.45) is 5.28. The van der Waals surface area contributed by atoms with Crippen LogP contribution in [0.2, 0.25) is 0 Å². The number of nitrogens with one attached hydrogen (secondary N) is 1. The van der Waals surface area contributed by atoms with Crippen molar-refractivity contribution in [2.75, 3.05) is 52.4 Å². The standard InChI is InChI=1S/C20H38N2O4S/c1-5-18(2)8-6-12-22-19(23)9-13-24-14-15-25-16-17-26-20(3,27-4)10-7-11-21/h18H,5,7,9-17,21H2,1-4H3,(H,22,23)/t18?,20-/m0/s1. The third-order valence-electron chi connectivity index (χ3n) is 4.08. The zero-order chi connectivity index (χ0) is 20.4. The molecular weight excluding hydrogens is 364 g/mol. The van der Waals surface area contributed by atoms with Crippen molar-refractivity contribution in [3.05, 3.63) is 0 Å². The van der Waals surface area contributed by atoms with E-state index in [1.54, 1.807) is 11.8 Å². The van der Waals surface area contributed by atoms with E-state index < -0.39 is 0 Å². The van der Waals surface area contributed by atoms with Gasteiger partial charge in [-0.1, -0.05) is 25.7 Å². The molecule has 0 saturated heterocycles. The van der Waals surface area contributed by atoms with Crippen LogP contribution in [0.3, 0.4) is 0 Å². The molecule has 1 amide bonds. The minimum absolute atomic E-state index is 0.0448. The van der Waals surface area contributed by atoms with Gasteiger partial charge in [-0.05, 0) is 39.0 Å². The highest BCUT2D eigenvalue weighted by Crippen LogP contribution is 2.28. The zero-order valence-electron chi connectivity index (χ0n) is 17.5. The highest BCUT2D eigenvalue weighted by molar-refractivity contribution is 7.99. The van der Waals surface area contributed by atoms with E-state index in [-0.39, 0.29) is 10.8 Å². The molecule has 0 radical (unpaired) electrons. The average Bonchev–Trinajstić information content (AvgIpc) is 2.68. The predicted octanol–water partition coefficient (Wildman–Crippen LogP) is 2.41. The fourth-order valence-corrected chi connectivity index (χ4v) is 2.57. The molecule has 0 spiro atoms. The summed E-state index contributed by atoms with van der Waals surface area (Å²) in [4.78, 5) is 11.4. The lowest BCUT2D eigenvalue weighted by molar-refractivity contribution is -0.122. The number of amides is 1. The summed E-state index contributed by atoms with van der Waals surface area (Å²) < 4.78 is 16.8. The molecule has 158 valence electrons. The van der Waals surface area contributed by atoms with Crippen molar-refractivity contribution in [2.24, 2.45) is 11.7 Å². The van der Waals surface area contributed by atoms with Gasteiger partial charge in [0.1, 0.15) is 4.93 Å². The predicted molar refractivity (Wildman–Crippen MR) is 113 cm³/mol. The molecule has 6 nitrogen and oxygen atoms in total. The number of rotatable bonds is 16. The van der Waals surface area contributed by atoms with Crippen molar-refractivity contribution in [3.63, 3.8) is 0 Å². The highest BCUT2D eigenvalue weighted by Gasteiger charge is 2.22. The van der Waals surface area contributed by atoms with Gasteiger partial charge >= 0.3 is 0 Å². The number of carbonyl (C=O) groups excluding carboxylic acids is 1. The third-order valence-corrected chi connectivity index (χ3v) is 5.27. The summed E-state index contributed by atoms with van der Waals surface area (Å²) in [7, 11) is 0. The Bertz CT molecular complexity index is 439. The minimum Gasteiger partial charge on any atom is -0.379 e. The summed E-state index contributed by atoms with van der Waals surface area (Å²) >= 11 is 1.69. The van der Waals surface area contributed by atoms with Crippen LogP contribution in [0, 0.1) is 17.8 Å². The number of hydrogen-bond donors (Lipinski definition) is 2. The Kier molecular flexibility index (Phi) is 16.8. The smallest absolute Gasteiger partial charge is 0.223 e. The first kappa shape index (κ1) is 26.2. The molecule has 0 aromatic carbocycles. The van der Waals surface area contributed by atoms with Crippen LogP contribution in [-0.4, -0.2) is 63.2 Å². The molecule has 0 aliphatic rings. The number of thioether (sulfide) groups is 1. The van der Waals surface area contributed by atoms with E-state index in [9.17, 15) is 4.79 Å². The Morgan fingerprint density at radius 3 is 2.52 bits per heavy atom. The van der Waals surface area contributed by atoms with Crippen molar-refractivity contribution >= 4 is 17.7 Å². The van der Waals surface area contributed by atoms with E-state index in [0.29, 0.717) is 58.5 Å². The van der Waals surface area contributed by atoms with Gasteiger partial charge in [0.25, 0.3) is 0 Å². The molecule has 3 N–H and O–H groups in total. The van der Waals surface area contributed by atoms with Crippen molar-refractivity contribution in [2.45, 2.75) is 51.4 Å². The molecule has 2 atom stereocenters. The molecule has 7 heteroatoms. The van der Waals surface area contributed by atoms with Crippen LogP contribution < -0.4 is 11.1 Å². The second-order valence-electron chi connectivity index (χ2n) is 6.46. The lowest BCUT2D eigenvalue weighted by Gasteiger charge is -2.27. The molecule has 27 heavy (non-hydrogen) atoms. The Balaban J connectivity index is 3.53. The first-order chi connectivity index (χ1) is 13.0. The monoisotopic (exact) mass is 402 g/mol. The summed E-state index contributed by atoms with van der Waals surface area (Å²) in [5.41, 5.74) is 5.56. The molecule has 1 unspecified atom stereocenters. The molecule has 0 bridgehead atoms. The van der Waals surface area contributed by atoms with E-state index in [0.717, 1.165) is 19.3 Å². The van der Waals surface area contributed by atoms with E-state index >= 15 is 0 Å². The summed E-state index contributed by atoms with van der Waals surface area (Å²) in [6, 6.07) is 0. The summed E-state index contributed by atoms with van der Waals surface area (Å²) in [5, 5.41) is 2.76. The van der Waals surface area contributed by atoms with E-state index in [1.807, 2.05) is 6.26 Å². The van der Waals surface area contributed by atoms with E-state index in [4.69, 9.17) is 19.9 Å². The summed E-state index contributed by atoms with van der Waals surface area (Å²) in [6.45, 7) is 9.73. The van der Waals surface area contributed by atoms with Crippen LogP contribution in [0.1, 0.15) is 46.5 Å². The van der Waals surface area contributed by atoms with Crippen LogP contribution in [0.4, 0.5) is 0 Å². The first-order valence-corrected chi connectivity index (χ1v) is 11.0. The van der Waals surface area contributed by atoms with Crippen LogP contribution in [0.25, 0.3) is 0 Å². The van der Waals surface area contributed by atoms with Crippen molar-refractivity contribution < 1.29 is 19.0 Å². The highest BCUT2D eigenvalue weighted by atomic mass is 32.2. The quantitative estimate of drug-likeness (QED) is 0.234.